The first kappa shape index (κ1) is 18.4. The topological polar surface area (TPSA) is 40.6 Å². The van der Waals surface area contributed by atoms with Crippen LogP contribution in [-0.4, -0.2) is 57.8 Å². The van der Waals surface area contributed by atoms with Crippen molar-refractivity contribution >= 4 is 35.2 Å². The predicted molar refractivity (Wildman–Crippen MR) is 99.2 cm³/mol. The van der Waals surface area contributed by atoms with Gasteiger partial charge in [-0.3, -0.25) is 9.59 Å². The fraction of sp³-hybridized carbons (Fsp3) is 0.889. The number of alkyl halides is 1. The highest BCUT2D eigenvalue weighted by atomic mass is 35.5. The van der Waals surface area contributed by atoms with Crippen LogP contribution in [0, 0.1) is 11.3 Å². The lowest BCUT2D eigenvalue weighted by Gasteiger charge is -2.46. The second kappa shape index (κ2) is 7.06. The number of halogens is 1. The molecule has 2 saturated heterocycles. The van der Waals surface area contributed by atoms with E-state index in [1.807, 2.05) is 30.5 Å². The first-order valence-corrected chi connectivity index (χ1v) is 10.7. The van der Waals surface area contributed by atoms with E-state index in [2.05, 4.69) is 4.90 Å². The standard InChI is InChI=1S/C18H29ClN2O2S/c1-17(2,13-19)16(23)20-9-7-18(8-10-20)21(11-12-24-18)15(22)14-5-3-4-6-14/h14H,3-13H2,1-2H3. The molecule has 0 aromatic heterocycles. The number of carbonyl (C=O) groups excluding carboxylic acids is 2. The summed E-state index contributed by atoms with van der Waals surface area (Å²) in [5.41, 5.74) is -0.506. The molecule has 24 heavy (non-hydrogen) atoms. The molecule has 1 aliphatic carbocycles. The van der Waals surface area contributed by atoms with Gasteiger partial charge in [0.15, 0.2) is 0 Å². The Balaban J connectivity index is 1.65. The van der Waals surface area contributed by atoms with Crippen molar-refractivity contribution in [2.75, 3.05) is 31.3 Å². The molecule has 0 radical (unpaired) electrons. The van der Waals surface area contributed by atoms with Crippen LogP contribution in [-0.2, 0) is 9.59 Å². The van der Waals surface area contributed by atoms with E-state index in [4.69, 9.17) is 11.6 Å². The maximum Gasteiger partial charge on any atom is 0.229 e. The Hall–Kier alpha value is -0.420. The van der Waals surface area contributed by atoms with Crippen LogP contribution >= 0.6 is 23.4 Å². The van der Waals surface area contributed by atoms with E-state index in [0.717, 1.165) is 51.1 Å². The Morgan fingerprint density at radius 2 is 1.79 bits per heavy atom. The average Bonchev–Trinajstić information content (AvgIpc) is 3.25. The molecule has 2 amide bonds. The molecular weight excluding hydrogens is 344 g/mol. The van der Waals surface area contributed by atoms with Crippen molar-refractivity contribution in [2.24, 2.45) is 11.3 Å². The average molecular weight is 373 g/mol. The van der Waals surface area contributed by atoms with Gasteiger partial charge in [0, 0.05) is 37.2 Å². The molecule has 2 heterocycles. The third kappa shape index (κ3) is 3.31. The highest BCUT2D eigenvalue weighted by molar-refractivity contribution is 8.00. The zero-order valence-corrected chi connectivity index (χ0v) is 16.4. The van der Waals surface area contributed by atoms with Crippen LogP contribution in [0.15, 0.2) is 0 Å². The summed E-state index contributed by atoms with van der Waals surface area (Å²) in [6.45, 7) is 6.17. The molecule has 0 unspecified atom stereocenters. The largest absolute Gasteiger partial charge is 0.342 e. The third-order valence-electron chi connectivity index (χ3n) is 5.89. The van der Waals surface area contributed by atoms with Crippen LogP contribution in [0.3, 0.4) is 0 Å². The van der Waals surface area contributed by atoms with Crippen molar-refractivity contribution in [1.29, 1.82) is 0 Å². The van der Waals surface area contributed by atoms with Crippen molar-refractivity contribution in [3.63, 3.8) is 0 Å². The van der Waals surface area contributed by atoms with Gasteiger partial charge in [-0.1, -0.05) is 12.8 Å². The molecule has 4 nitrogen and oxygen atoms in total. The lowest BCUT2D eigenvalue weighted by atomic mass is 9.92. The fourth-order valence-electron chi connectivity index (χ4n) is 4.27. The quantitative estimate of drug-likeness (QED) is 0.713. The molecule has 0 bridgehead atoms. The maximum absolute atomic E-state index is 13.0. The number of piperidine rings is 1. The molecule has 0 N–H and O–H groups in total. The van der Waals surface area contributed by atoms with Crippen LogP contribution in [0.25, 0.3) is 0 Å². The van der Waals surface area contributed by atoms with Gasteiger partial charge in [0.25, 0.3) is 0 Å². The molecular formula is C18H29ClN2O2S. The highest BCUT2D eigenvalue weighted by Gasteiger charge is 2.49. The van der Waals surface area contributed by atoms with Gasteiger partial charge in [-0.25, -0.2) is 0 Å². The SMILES string of the molecule is CC(C)(CCl)C(=O)N1CCC2(CC1)SCCN2C(=O)C1CCCC1. The van der Waals surface area contributed by atoms with E-state index in [-0.39, 0.29) is 16.7 Å². The summed E-state index contributed by atoms with van der Waals surface area (Å²) < 4.78 is 0. The van der Waals surface area contributed by atoms with Gasteiger partial charge in [0.1, 0.15) is 0 Å². The summed E-state index contributed by atoms with van der Waals surface area (Å²) in [7, 11) is 0. The molecule has 3 rings (SSSR count). The molecule has 136 valence electrons. The zero-order valence-electron chi connectivity index (χ0n) is 14.9. The molecule has 0 atom stereocenters. The summed E-state index contributed by atoms with van der Waals surface area (Å²) in [5, 5.41) is 0. The fourth-order valence-corrected chi connectivity index (χ4v) is 5.85. The number of hydrogen-bond donors (Lipinski definition) is 0. The first-order chi connectivity index (χ1) is 11.4. The Morgan fingerprint density at radius 3 is 2.38 bits per heavy atom. The predicted octanol–water partition coefficient (Wildman–Crippen LogP) is 3.34. The number of likely N-dealkylation sites (tertiary alicyclic amines) is 1. The van der Waals surface area contributed by atoms with Crippen molar-refractivity contribution in [1.82, 2.24) is 9.80 Å². The monoisotopic (exact) mass is 372 g/mol. The van der Waals surface area contributed by atoms with Gasteiger partial charge >= 0.3 is 0 Å². The molecule has 1 spiro atoms. The second-order valence-electron chi connectivity index (χ2n) is 8.08. The van der Waals surface area contributed by atoms with E-state index in [9.17, 15) is 9.59 Å². The highest BCUT2D eigenvalue weighted by Crippen LogP contribution is 2.46. The summed E-state index contributed by atoms with van der Waals surface area (Å²) in [6, 6.07) is 0. The molecule has 0 aromatic rings. The maximum atomic E-state index is 13.0. The molecule has 6 heteroatoms. The van der Waals surface area contributed by atoms with Crippen molar-refractivity contribution in [3.05, 3.63) is 0 Å². The van der Waals surface area contributed by atoms with Gasteiger partial charge in [0.2, 0.25) is 11.8 Å². The number of nitrogens with zero attached hydrogens (tertiary/aromatic N) is 2. The Morgan fingerprint density at radius 1 is 1.17 bits per heavy atom. The first-order valence-electron chi connectivity index (χ1n) is 9.20. The minimum absolute atomic E-state index is 0.0679. The normalized spacial score (nSPS) is 24.8. The molecule has 2 aliphatic heterocycles. The van der Waals surface area contributed by atoms with Crippen LogP contribution in [0.4, 0.5) is 0 Å². The Labute approximate surface area is 154 Å². The van der Waals surface area contributed by atoms with Crippen LogP contribution < -0.4 is 0 Å². The summed E-state index contributed by atoms with van der Waals surface area (Å²) in [5.74, 6) is 2.13. The van der Waals surface area contributed by atoms with Crippen molar-refractivity contribution in [3.8, 4) is 0 Å². The number of carbonyl (C=O) groups is 2. The van der Waals surface area contributed by atoms with E-state index in [1.165, 1.54) is 12.8 Å². The lowest BCUT2D eigenvalue weighted by Crippen LogP contribution is -2.56. The second-order valence-corrected chi connectivity index (χ2v) is 9.80. The number of thioether (sulfide) groups is 1. The lowest BCUT2D eigenvalue weighted by molar-refractivity contribution is -0.143. The van der Waals surface area contributed by atoms with E-state index in [1.54, 1.807) is 0 Å². The number of amides is 2. The zero-order chi connectivity index (χ0) is 17.4. The van der Waals surface area contributed by atoms with E-state index in [0.29, 0.717) is 11.8 Å². The minimum atomic E-state index is -0.506. The van der Waals surface area contributed by atoms with Gasteiger partial charge < -0.3 is 9.80 Å². The van der Waals surface area contributed by atoms with Crippen LogP contribution in [0.1, 0.15) is 52.4 Å². The molecule has 3 fully saturated rings. The van der Waals surface area contributed by atoms with Gasteiger partial charge in [-0.2, -0.15) is 0 Å². The summed E-state index contributed by atoms with van der Waals surface area (Å²) in [4.78, 5) is 29.6. The summed E-state index contributed by atoms with van der Waals surface area (Å²) >= 11 is 7.89. The van der Waals surface area contributed by atoms with Crippen molar-refractivity contribution in [2.45, 2.75) is 57.2 Å². The van der Waals surface area contributed by atoms with Crippen molar-refractivity contribution < 1.29 is 9.59 Å². The van der Waals surface area contributed by atoms with E-state index >= 15 is 0 Å². The number of rotatable bonds is 3. The minimum Gasteiger partial charge on any atom is -0.342 e. The Bertz CT molecular complexity index is 497. The third-order valence-corrected chi connectivity index (χ3v) is 8.11. The van der Waals surface area contributed by atoms with Gasteiger partial charge in [-0.15, -0.1) is 23.4 Å². The smallest absolute Gasteiger partial charge is 0.229 e. The molecule has 0 aromatic carbocycles. The van der Waals surface area contributed by atoms with Crippen LogP contribution in [0.5, 0.6) is 0 Å². The molecule has 3 aliphatic rings. The summed E-state index contributed by atoms with van der Waals surface area (Å²) in [6.07, 6.45) is 6.29. The number of hydrogen-bond acceptors (Lipinski definition) is 3. The van der Waals surface area contributed by atoms with Gasteiger partial charge in [-0.05, 0) is 39.5 Å². The Kier molecular flexibility index (Phi) is 5.41. The van der Waals surface area contributed by atoms with Gasteiger partial charge in [0.05, 0.1) is 10.3 Å². The van der Waals surface area contributed by atoms with Crippen LogP contribution in [0.2, 0.25) is 0 Å². The molecule has 1 saturated carbocycles. The van der Waals surface area contributed by atoms with E-state index < -0.39 is 5.41 Å².